The first-order chi connectivity index (χ1) is 8.63. The molecule has 0 aliphatic heterocycles. The molecule has 0 bridgehead atoms. The molecule has 0 heterocycles. The van der Waals surface area contributed by atoms with Crippen LogP contribution >= 0.6 is 0 Å². The Morgan fingerprint density at radius 2 is 2.06 bits per heavy atom. The summed E-state index contributed by atoms with van der Waals surface area (Å²) in [6.45, 7) is 2.08. The summed E-state index contributed by atoms with van der Waals surface area (Å²) in [5.74, 6) is 0.582. The molecule has 0 aliphatic carbocycles. The van der Waals surface area contributed by atoms with E-state index in [1.165, 1.54) is 20.3 Å². The monoisotopic (exact) mass is 251 g/mol. The molecule has 0 saturated carbocycles. The molecule has 0 unspecified atom stereocenters. The number of anilines is 1. The number of hydrogen-bond donors (Lipinski definition) is 1. The average Bonchev–Trinajstić information content (AvgIpc) is 2.37. The van der Waals surface area contributed by atoms with Crippen LogP contribution in [0.4, 0.5) is 5.69 Å². The third-order valence-electron chi connectivity index (χ3n) is 2.30. The highest BCUT2D eigenvalue weighted by Crippen LogP contribution is 2.36. The van der Waals surface area contributed by atoms with Gasteiger partial charge in [0.05, 0.1) is 26.5 Å². The zero-order chi connectivity index (χ0) is 13.5. The van der Waals surface area contributed by atoms with Crippen molar-refractivity contribution in [1.29, 1.82) is 0 Å². The van der Waals surface area contributed by atoms with Crippen LogP contribution in [0.1, 0.15) is 12.5 Å². The number of nitrogen functional groups attached to an aromatic ring is 1. The van der Waals surface area contributed by atoms with Crippen LogP contribution in [0.2, 0.25) is 0 Å². The van der Waals surface area contributed by atoms with Crippen LogP contribution in [0.25, 0.3) is 6.08 Å². The van der Waals surface area contributed by atoms with E-state index in [9.17, 15) is 4.79 Å². The molecule has 0 amide bonds. The molecular formula is C13H17NO4. The van der Waals surface area contributed by atoms with E-state index in [2.05, 4.69) is 0 Å². The van der Waals surface area contributed by atoms with Gasteiger partial charge in [-0.15, -0.1) is 0 Å². The van der Waals surface area contributed by atoms with Crippen molar-refractivity contribution in [3.63, 3.8) is 0 Å². The molecule has 5 nitrogen and oxygen atoms in total. The van der Waals surface area contributed by atoms with Crippen LogP contribution in [-0.2, 0) is 9.53 Å². The van der Waals surface area contributed by atoms with Gasteiger partial charge in [0, 0.05) is 11.6 Å². The summed E-state index contributed by atoms with van der Waals surface area (Å²) in [5.41, 5.74) is 7.00. The summed E-state index contributed by atoms with van der Waals surface area (Å²) in [4.78, 5) is 11.2. The van der Waals surface area contributed by atoms with E-state index < -0.39 is 5.97 Å². The Kier molecular flexibility index (Phi) is 5.05. The number of esters is 1. The molecule has 0 spiro atoms. The molecule has 0 radical (unpaired) electrons. The molecule has 0 atom stereocenters. The van der Waals surface area contributed by atoms with Crippen molar-refractivity contribution in [2.75, 3.05) is 26.6 Å². The van der Waals surface area contributed by atoms with Crippen LogP contribution in [0.3, 0.4) is 0 Å². The second kappa shape index (κ2) is 6.54. The maximum atomic E-state index is 11.2. The van der Waals surface area contributed by atoms with E-state index in [1.54, 1.807) is 25.1 Å². The fraction of sp³-hybridized carbons (Fsp3) is 0.308. The molecule has 0 fully saturated rings. The number of methoxy groups -OCH3 is 2. The molecule has 0 aliphatic rings. The standard InChI is InChI=1S/C13H17NO4/c1-4-18-11(15)8-6-9-5-7-10(16-2)13(17-3)12(9)14/h5-8H,4,14H2,1-3H3. The maximum absolute atomic E-state index is 11.2. The number of hydrogen-bond acceptors (Lipinski definition) is 5. The third kappa shape index (κ3) is 3.16. The van der Waals surface area contributed by atoms with E-state index in [1.807, 2.05) is 0 Å². The fourth-order valence-electron chi connectivity index (χ4n) is 1.46. The topological polar surface area (TPSA) is 70.8 Å². The van der Waals surface area contributed by atoms with E-state index in [4.69, 9.17) is 19.9 Å². The average molecular weight is 251 g/mol. The number of ether oxygens (including phenoxy) is 3. The largest absolute Gasteiger partial charge is 0.493 e. The lowest BCUT2D eigenvalue weighted by Gasteiger charge is -2.11. The van der Waals surface area contributed by atoms with Gasteiger partial charge in [0.15, 0.2) is 11.5 Å². The van der Waals surface area contributed by atoms with Gasteiger partial charge < -0.3 is 19.9 Å². The lowest BCUT2D eigenvalue weighted by Crippen LogP contribution is -2.00. The number of rotatable bonds is 5. The molecule has 18 heavy (non-hydrogen) atoms. The summed E-state index contributed by atoms with van der Waals surface area (Å²) in [7, 11) is 3.04. The molecule has 98 valence electrons. The Morgan fingerprint density at radius 3 is 2.61 bits per heavy atom. The first kappa shape index (κ1) is 13.9. The lowest BCUT2D eigenvalue weighted by atomic mass is 10.1. The number of carbonyl (C=O) groups is 1. The molecular weight excluding hydrogens is 234 g/mol. The molecule has 5 heteroatoms. The van der Waals surface area contributed by atoms with E-state index in [-0.39, 0.29) is 0 Å². The van der Waals surface area contributed by atoms with Gasteiger partial charge in [-0.05, 0) is 25.1 Å². The third-order valence-corrected chi connectivity index (χ3v) is 2.30. The first-order valence-corrected chi connectivity index (χ1v) is 5.49. The van der Waals surface area contributed by atoms with Crippen molar-refractivity contribution in [3.05, 3.63) is 23.8 Å². The smallest absolute Gasteiger partial charge is 0.330 e. The first-order valence-electron chi connectivity index (χ1n) is 5.49. The lowest BCUT2D eigenvalue weighted by molar-refractivity contribution is -0.137. The van der Waals surface area contributed by atoms with E-state index in [0.29, 0.717) is 29.4 Å². The summed E-state index contributed by atoms with van der Waals surface area (Å²) in [5, 5.41) is 0. The van der Waals surface area contributed by atoms with Gasteiger partial charge in [0.25, 0.3) is 0 Å². The Labute approximate surface area is 106 Å². The highest BCUT2D eigenvalue weighted by Gasteiger charge is 2.10. The Morgan fingerprint density at radius 1 is 1.33 bits per heavy atom. The summed E-state index contributed by atoms with van der Waals surface area (Å²) < 4.78 is 15.1. The molecule has 2 N–H and O–H groups in total. The van der Waals surface area contributed by atoms with Crippen molar-refractivity contribution in [2.24, 2.45) is 0 Å². The van der Waals surface area contributed by atoms with Crippen molar-refractivity contribution < 1.29 is 19.0 Å². The number of benzene rings is 1. The van der Waals surface area contributed by atoms with Crippen LogP contribution in [0.15, 0.2) is 18.2 Å². The zero-order valence-corrected chi connectivity index (χ0v) is 10.7. The Balaban J connectivity index is 3.01. The summed E-state index contributed by atoms with van der Waals surface area (Å²) in [6, 6.07) is 3.46. The summed E-state index contributed by atoms with van der Waals surface area (Å²) in [6.07, 6.45) is 2.90. The van der Waals surface area contributed by atoms with Crippen molar-refractivity contribution in [1.82, 2.24) is 0 Å². The van der Waals surface area contributed by atoms with E-state index in [0.717, 1.165) is 0 Å². The van der Waals surface area contributed by atoms with Gasteiger partial charge in [-0.25, -0.2) is 4.79 Å². The second-order valence-corrected chi connectivity index (χ2v) is 3.39. The van der Waals surface area contributed by atoms with Crippen LogP contribution in [0.5, 0.6) is 11.5 Å². The molecule has 0 aromatic heterocycles. The number of carbonyl (C=O) groups excluding carboxylic acids is 1. The van der Waals surface area contributed by atoms with Gasteiger partial charge in [-0.3, -0.25) is 0 Å². The predicted octanol–water partition coefficient (Wildman–Crippen LogP) is 1.86. The van der Waals surface area contributed by atoms with Gasteiger partial charge in [-0.1, -0.05) is 0 Å². The maximum Gasteiger partial charge on any atom is 0.330 e. The van der Waals surface area contributed by atoms with Crippen molar-refractivity contribution in [2.45, 2.75) is 6.92 Å². The van der Waals surface area contributed by atoms with Crippen LogP contribution < -0.4 is 15.2 Å². The van der Waals surface area contributed by atoms with Gasteiger partial charge in [-0.2, -0.15) is 0 Å². The summed E-state index contributed by atoms with van der Waals surface area (Å²) >= 11 is 0. The van der Waals surface area contributed by atoms with E-state index >= 15 is 0 Å². The molecule has 1 rings (SSSR count). The van der Waals surface area contributed by atoms with Gasteiger partial charge >= 0.3 is 5.97 Å². The quantitative estimate of drug-likeness (QED) is 0.491. The molecule has 1 aromatic carbocycles. The molecule has 1 aromatic rings. The second-order valence-electron chi connectivity index (χ2n) is 3.39. The highest BCUT2D eigenvalue weighted by molar-refractivity contribution is 5.89. The van der Waals surface area contributed by atoms with Crippen LogP contribution in [-0.4, -0.2) is 26.8 Å². The van der Waals surface area contributed by atoms with Gasteiger partial charge in [0.2, 0.25) is 0 Å². The minimum absolute atomic E-state index is 0.338. The Bertz CT molecular complexity index is 455. The predicted molar refractivity (Wildman–Crippen MR) is 69.6 cm³/mol. The Hall–Kier alpha value is -2.17. The molecule has 0 saturated heterocycles. The number of nitrogens with two attached hydrogens (primary N) is 1. The van der Waals surface area contributed by atoms with Gasteiger partial charge in [0.1, 0.15) is 0 Å². The normalized spacial score (nSPS) is 10.4. The minimum Gasteiger partial charge on any atom is -0.493 e. The van der Waals surface area contributed by atoms with Crippen LogP contribution in [0, 0.1) is 0 Å². The minimum atomic E-state index is -0.410. The highest BCUT2D eigenvalue weighted by atomic mass is 16.5. The zero-order valence-electron chi connectivity index (χ0n) is 10.7. The van der Waals surface area contributed by atoms with Crippen molar-refractivity contribution in [3.8, 4) is 11.5 Å². The fourth-order valence-corrected chi connectivity index (χ4v) is 1.46. The SMILES string of the molecule is CCOC(=O)C=Cc1ccc(OC)c(OC)c1N. The van der Waals surface area contributed by atoms with Crippen molar-refractivity contribution >= 4 is 17.7 Å².